The molecular weight excluding hydrogens is 481 g/mol. The van der Waals surface area contributed by atoms with E-state index in [4.69, 9.17) is 10.2 Å². The summed E-state index contributed by atoms with van der Waals surface area (Å²) >= 11 is 1.07. The smallest absolute Gasteiger partial charge is 0.725 e. The Hall–Kier alpha value is -0.754. The van der Waals surface area contributed by atoms with Gasteiger partial charge in [-0.3, -0.25) is 0 Å². The molecule has 0 bridgehead atoms. The molecule has 0 aliphatic carbocycles. The van der Waals surface area contributed by atoms with Gasteiger partial charge in [-0.15, -0.1) is 0 Å². The maximum absolute atomic E-state index is 10.0. The average molecular weight is 495 g/mol. The zero-order chi connectivity index (χ0) is 21.2. The van der Waals surface area contributed by atoms with Crippen molar-refractivity contribution in [3.8, 4) is 11.5 Å². The first kappa shape index (κ1) is 28.2. The molecule has 10 nitrogen and oxygen atoms in total. The van der Waals surface area contributed by atoms with Crippen LogP contribution in [0.3, 0.4) is 0 Å². The second-order valence-corrected chi connectivity index (χ2v) is 8.58. The van der Waals surface area contributed by atoms with Crippen LogP contribution in [0.4, 0.5) is 0 Å². The molecule has 0 saturated carbocycles. The van der Waals surface area contributed by atoms with Gasteiger partial charge in [0.15, 0.2) is 0 Å². The third-order valence-electron chi connectivity index (χ3n) is 2.59. The molecule has 0 spiro atoms. The molecule has 2 N–H and O–H groups in total. The molecule has 0 atom stereocenters. The summed E-state index contributed by atoms with van der Waals surface area (Å²) in [6, 6.07) is 12.2. The summed E-state index contributed by atoms with van der Waals surface area (Å²) in [5.41, 5.74) is 1.49. The van der Waals surface area contributed by atoms with Gasteiger partial charge in [0.1, 0.15) is 11.5 Å². The number of phenolic OH excluding ortho intramolecular Hbond substituents is 2. The van der Waals surface area contributed by atoms with E-state index in [2.05, 4.69) is 7.26 Å². The molecule has 2 aromatic carbocycles. The van der Waals surface area contributed by atoms with Crippen molar-refractivity contribution >= 4 is 67.9 Å². The van der Waals surface area contributed by atoms with Crippen LogP contribution in [0.25, 0.3) is 0 Å². The Morgan fingerprint density at radius 1 is 0.690 bits per heavy atom. The fourth-order valence-electron chi connectivity index (χ4n) is 1.49. The third-order valence-corrected chi connectivity index (χ3v) is 5.59. The predicted octanol–water partition coefficient (Wildman–Crippen LogP) is 1.65. The van der Waals surface area contributed by atoms with Crippen molar-refractivity contribution in [2.24, 2.45) is 0 Å². The molecule has 0 radical (unpaired) electrons. The quantitative estimate of drug-likeness (QED) is 0.235. The fraction of sp³-hybridized carbons (Fsp3) is 0.143. The van der Waals surface area contributed by atoms with E-state index in [1.54, 1.807) is 24.3 Å². The van der Waals surface area contributed by atoms with Gasteiger partial charge in [-0.2, -0.15) is 0 Å². The molecular formula is C14H14MgO10S4. The largest absolute Gasteiger partial charge is 2.00 e. The van der Waals surface area contributed by atoms with E-state index < -0.39 is 20.8 Å². The van der Waals surface area contributed by atoms with Crippen molar-refractivity contribution in [1.82, 2.24) is 0 Å². The molecule has 0 heterocycles. The second-order valence-electron chi connectivity index (χ2n) is 4.81. The molecule has 0 amide bonds. The Morgan fingerprint density at radius 2 is 0.966 bits per heavy atom. The molecule has 2 rings (SSSR count). The van der Waals surface area contributed by atoms with Gasteiger partial charge >= 0.3 is 23.1 Å². The zero-order valence-electron chi connectivity index (χ0n) is 14.5. The van der Waals surface area contributed by atoms with Crippen LogP contribution < -0.4 is 0 Å². The number of hydrogen-bond donors (Lipinski definition) is 2. The van der Waals surface area contributed by atoms with E-state index in [9.17, 15) is 25.9 Å². The summed E-state index contributed by atoms with van der Waals surface area (Å²) in [5.74, 6) is 0.691. The molecule has 0 saturated heterocycles. The zero-order valence-corrected chi connectivity index (χ0v) is 19.2. The molecule has 0 unspecified atom stereocenters. The summed E-state index contributed by atoms with van der Waals surface area (Å²) in [5, 5.41) is 17.9. The van der Waals surface area contributed by atoms with Crippen LogP contribution in [0.5, 0.6) is 11.5 Å². The molecule has 15 heteroatoms. The van der Waals surface area contributed by atoms with Crippen molar-refractivity contribution in [2.75, 3.05) is 0 Å². The second kappa shape index (κ2) is 13.5. The summed E-state index contributed by atoms with van der Waals surface area (Å²) < 4.78 is 68.1. The minimum atomic E-state index is -4.64. The summed E-state index contributed by atoms with van der Waals surface area (Å²) in [6.07, 6.45) is 0. The monoisotopic (exact) mass is 494 g/mol. The van der Waals surface area contributed by atoms with E-state index in [0.29, 0.717) is 24.1 Å². The third kappa shape index (κ3) is 15.7. The maximum Gasteiger partial charge on any atom is 2.00 e. The Morgan fingerprint density at radius 3 is 1.21 bits per heavy atom. The Balaban J connectivity index is 0.000000523. The van der Waals surface area contributed by atoms with Crippen LogP contribution in [0.1, 0.15) is 11.1 Å². The Kier molecular flexibility index (Phi) is 13.2. The summed E-state index contributed by atoms with van der Waals surface area (Å²) in [4.78, 5) is 0. The maximum atomic E-state index is 10.0. The average Bonchev–Trinajstić information content (AvgIpc) is 2.57. The van der Waals surface area contributed by atoms with Gasteiger partial charge in [0.25, 0.3) is 0 Å². The van der Waals surface area contributed by atoms with Gasteiger partial charge in [-0.05, 0) is 35.4 Å². The Bertz CT molecular complexity index is 852. The van der Waals surface area contributed by atoms with E-state index in [-0.39, 0.29) is 46.1 Å². The first-order chi connectivity index (χ1) is 12.9. The number of aromatic hydroxyl groups is 2. The number of hydrogen-bond acceptors (Lipinski definition) is 12. The SMILES string of the molecule is O=S(=O)([O-])OSCc1ccc(O)cc1.O=S(=O)([O-])OSCc1ccc(O)cc1.[Mg+2]. The van der Waals surface area contributed by atoms with Crippen LogP contribution >= 0.6 is 24.1 Å². The van der Waals surface area contributed by atoms with Crippen molar-refractivity contribution in [1.29, 1.82) is 0 Å². The molecule has 0 aliphatic rings. The van der Waals surface area contributed by atoms with Crippen molar-refractivity contribution in [3.05, 3.63) is 59.7 Å². The molecule has 29 heavy (non-hydrogen) atoms. The number of benzene rings is 2. The fourth-order valence-corrected chi connectivity index (χ4v) is 3.47. The molecule has 2 aromatic rings. The molecule has 0 aromatic heterocycles. The van der Waals surface area contributed by atoms with Crippen LogP contribution in [0.2, 0.25) is 0 Å². The number of phenols is 2. The minimum Gasteiger partial charge on any atom is -0.725 e. The first-order valence-electron chi connectivity index (χ1n) is 7.04. The molecule has 156 valence electrons. The van der Waals surface area contributed by atoms with Gasteiger partial charge in [0, 0.05) is 35.6 Å². The predicted molar refractivity (Wildman–Crippen MR) is 106 cm³/mol. The van der Waals surface area contributed by atoms with Gasteiger partial charge in [0.2, 0.25) is 20.8 Å². The molecule has 0 fully saturated rings. The first-order valence-corrected chi connectivity index (χ1v) is 11.5. The van der Waals surface area contributed by atoms with Crippen LogP contribution in [-0.4, -0.2) is 59.2 Å². The number of rotatable bonds is 8. The molecule has 0 aliphatic heterocycles. The van der Waals surface area contributed by atoms with E-state index >= 15 is 0 Å². The summed E-state index contributed by atoms with van der Waals surface area (Å²) in [6.45, 7) is 0. The van der Waals surface area contributed by atoms with E-state index in [1.165, 1.54) is 24.3 Å². The standard InChI is InChI=1S/2C7H8O5S2.Mg/c2*8-7-3-1-6(2-4-7)5-13-12-14(9,10)11;/h2*1-4,8H,5H2,(H,9,10,11);/q;;+2/p-2. The van der Waals surface area contributed by atoms with Gasteiger partial charge in [-0.25, -0.2) is 24.1 Å². The van der Waals surface area contributed by atoms with E-state index in [0.717, 1.165) is 11.1 Å². The topological polar surface area (TPSA) is 173 Å². The van der Waals surface area contributed by atoms with Gasteiger partial charge in [0.05, 0.1) is 0 Å². The normalized spacial score (nSPS) is 11.1. The van der Waals surface area contributed by atoms with Crippen molar-refractivity contribution < 1.29 is 43.4 Å². The van der Waals surface area contributed by atoms with Crippen LogP contribution in [0, 0.1) is 0 Å². The van der Waals surface area contributed by atoms with Crippen molar-refractivity contribution in [2.45, 2.75) is 11.5 Å². The minimum absolute atomic E-state index is 0. The summed E-state index contributed by atoms with van der Waals surface area (Å²) in [7, 11) is -9.28. The van der Waals surface area contributed by atoms with E-state index in [1.807, 2.05) is 0 Å². The van der Waals surface area contributed by atoms with Crippen LogP contribution in [-0.2, 0) is 39.6 Å². The van der Waals surface area contributed by atoms with Gasteiger partial charge in [-0.1, -0.05) is 24.3 Å². The van der Waals surface area contributed by atoms with Crippen molar-refractivity contribution in [3.63, 3.8) is 0 Å². The van der Waals surface area contributed by atoms with Gasteiger partial charge < -0.3 is 19.3 Å². The van der Waals surface area contributed by atoms with Crippen LogP contribution in [0.15, 0.2) is 48.5 Å². The Labute approximate surface area is 193 Å².